The summed E-state index contributed by atoms with van der Waals surface area (Å²) in [6.07, 6.45) is 0. The third-order valence-electron chi connectivity index (χ3n) is 9.89. The maximum atomic E-state index is 6.38. The van der Waals surface area contributed by atoms with E-state index in [9.17, 15) is 0 Å². The highest BCUT2D eigenvalue weighted by Crippen LogP contribution is 2.45. The van der Waals surface area contributed by atoms with E-state index in [2.05, 4.69) is 181 Å². The number of fused-ring (bicyclic) bond motifs is 6. The molecule has 0 aliphatic carbocycles. The third-order valence-corrected chi connectivity index (χ3v) is 11.0. The Morgan fingerprint density at radius 1 is 0.373 bits per heavy atom. The molecule has 2 nitrogen and oxygen atoms in total. The first-order valence-corrected chi connectivity index (χ1v) is 18.1. The van der Waals surface area contributed by atoms with Crippen molar-refractivity contribution in [2.24, 2.45) is 0 Å². The summed E-state index contributed by atoms with van der Waals surface area (Å²) < 4.78 is 9.02. The van der Waals surface area contributed by atoms with Crippen LogP contribution < -0.4 is 4.90 Å². The predicted octanol–water partition coefficient (Wildman–Crippen LogP) is 14.4. The lowest BCUT2D eigenvalue weighted by atomic mass is 9.94. The van der Waals surface area contributed by atoms with E-state index < -0.39 is 0 Å². The van der Waals surface area contributed by atoms with Gasteiger partial charge in [0.25, 0.3) is 0 Å². The van der Waals surface area contributed by atoms with Gasteiger partial charge < -0.3 is 9.32 Å². The molecule has 2 heterocycles. The van der Waals surface area contributed by atoms with Crippen molar-refractivity contribution in [1.29, 1.82) is 0 Å². The summed E-state index contributed by atoms with van der Waals surface area (Å²) >= 11 is 1.86. The van der Waals surface area contributed by atoms with Gasteiger partial charge in [-0.05, 0) is 88.0 Å². The number of nitrogens with zero attached hydrogens (tertiary/aromatic N) is 1. The van der Waals surface area contributed by atoms with Crippen molar-refractivity contribution in [1.82, 2.24) is 0 Å². The number of para-hydroxylation sites is 1. The Bertz CT molecular complexity index is 2860. The van der Waals surface area contributed by atoms with Crippen LogP contribution in [0.2, 0.25) is 0 Å². The number of rotatable bonds is 6. The summed E-state index contributed by atoms with van der Waals surface area (Å²) in [4.78, 5) is 2.37. The van der Waals surface area contributed by atoms with Crippen LogP contribution in [0.4, 0.5) is 17.1 Å². The summed E-state index contributed by atoms with van der Waals surface area (Å²) in [6.45, 7) is 0. The van der Waals surface area contributed by atoms with Gasteiger partial charge in [0.15, 0.2) is 0 Å². The summed E-state index contributed by atoms with van der Waals surface area (Å²) in [5.41, 5.74) is 12.2. The topological polar surface area (TPSA) is 16.4 Å². The Labute approximate surface area is 300 Å². The lowest BCUT2D eigenvalue weighted by Gasteiger charge is -2.27. The Balaban J connectivity index is 1.13. The summed E-state index contributed by atoms with van der Waals surface area (Å²) in [5.74, 6) is 0. The fourth-order valence-corrected chi connectivity index (χ4v) is 8.64. The van der Waals surface area contributed by atoms with Crippen LogP contribution in [0, 0.1) is 0 Å². The number of hydrogen-bond donors (Lipinski definition) is 0. The molecule has 0 saturated carbocycles. The fourth-order valence-electron chi connectivity index (χ4n) is 7.49. The normalized spacial score (nSPS) is 11.5. The average molecular weight is 670 g/mol. The molecule has 240 valence electrons. The van der Waals surface area contributed by atoms with Crippen LogP contribution in [0.15, 0.2) is 192 Å². The molecule has 10 rings (SSSR count). The van der Waals surface area contributed by atoms with Gasteiger partial charge in [-0.1, -0.05) is 133 Å². The maximum Gasteiger partial charge on any atom is 0.137 e. The molecule has 10 aromatic rings. The molecular weight excluding hydrogens is 639 g/mol. The van der Waals surface area contributed by atoms with E-state index >= 15 is 0 Å². The first kappa shape index (κ1) is 29.5. The van der Waals surface area contributed by atoms with Gasteiger partial charge in [0, 0.05) is 36.9 Å². The smallest absolute Gasteiger partial charge is 0.137 e. The van der Waals surface area contributed by atoms with E-state index in [1.54, 1.807) is 0 Å². The van der Waals surface area contributed by atoms with Gasteiger partial charge in [0.1, 0.15) is 11.2 Å². The van der Waals surface area contributed by atoms with E-state index in [1.807, 2.05) is 23.5 Å². The van der Waals surface area contributed by atoms with Crippen molar-refractivity contribution in [2.45, 2.75) is 0 Å². The van der Waals surface area contributed by atoms with Crippen molar-refractivity contribution in [3.8, 4) is 33.4 Å². The number of benzene rings is 8. The van der Waals surface area contributed by atoms with Crippen molar-refractivity contribution in [3.63, 3.8) is 0 Å². The molecule has 0 N–H and O–H groups in total. The minimum absolute atomic E-state index is 0.873. The van der Waals surface area contributed by atoms with Gasteiger partial charge in [-0.3, -0.25) is 0 Å². The molecule has 0 unspecified atom stereocenters. The quantitative estimate of drug-likeness (QED) is 0.175. The van der Waals surface area contributed by atoms with Gasteiger partial charge >= 0.3 is 0 Å². The first-order valence-electron chi connectivity index (χ1n) is 17.3. The van der Waals surface area contributed by atoms with Crippen LogP contribution in [0.3, 0.4) is 0 Å². The predicted molar refractivity (Wildman–Crippen MR) is 218 cm³/mol. The van der Waals surface area contributed by atoms with Gasteiger partial charge in [-0.2, -0.15) is 0 Å². The summed E-state index contributed by atoms with van der Waals surface area (Å²) in [5, 5.41) is 4.84. The molecule has 0 aliphatic heterocycles. The molecule has 0 atom stereocenters. The molecule has 0 aliphatic rings. The number of anilines is 3. The number of hydrogen-bond acceptors (Lipinski definition) is 3. The highest BCUT2D eigenvalue weighted by atomic mass is 32.1. The standard InChI is InChI=1S/C48H31NOS/c1-2-12-33(13-3-1)38-16-4-5-17-39(38)35-14-10-15-37(30-35)49(43-20-11-22-45-48(43)42-19-6-8-21-44(42)50-45)36-27-24-32(25-28-36)34-26-29-41-40-18-7-9-23-46(40)51-47(41)31-34/h1-31H. The number of furan rings is 1. The number of thiophene rings is 1. The van der Waals surface area contributed by atoms with Crippen LogP contribution in [-0.4, -0.2) is 0 Å². The van der Waals surface area contributed by atoms with E-state index in [4.69, 9.17) is 4.42 Å². The lowest BCUT2D eigenvalue weighted by Crippen LogP contribution is -2.10. The SMILES string of the molecule is c1ccc(-c2ccccc2-c2cccc(N(c3ccc(-c4ccc5c(c4)sc4ccccc45)cc3)c3cccc4oc5ccccc5c34)c2)cc1. The highest BCUT2D eigenvalue weighted by molar-refractivity contribution is 7.25. The molecule has 0 radical (unpaired) electrons. The van der Waals surface area contributed by atoms with Gasteiger partial charge in [0.2, 0.25) is 0 Å². The maximum absolute atomic E-state index is 6.38. The van der Waals surface area contributed by atoms with Crippen molar-refractivity contribution in [3.05, 3.63) is 188 Å². The molecule has 0 amide bonds. The molecular formula is C48H31NOS. The summed E-state index contributed by atoms with van der Waals surface area (Å²) in [7, 11) is 0. The van der Waals surface area contributed by atoms with Crippen molar-refractivity contribution < 1.29 is 4.42 Å². The Hall–Kier alpha value is -6.42. The first-order chi connectivity index (χ1) is 25.3. The van der Waals surface area contributed by atoms with Crippen LogP contribution in [0.25, 0.3) is 75.5 Å². The second kappa shape index (κ2) is 12.2. The monoisotopic (exact) mass is 669 g/mol. The van der Waals surface area contributed by atoms with Crippen LogP contribution >= 0.6 is 11.3 Å². The van der Waals surface area contributed by atoms with Gasteiger partial charge in [-0.25, -0.2) is 0 Å². The molecule has 0 saturated heterocycles. The lowest BCUT2D eigenvalue weighted by molar-refractivity contribution is 0.669. The fraction of sp³-hybridized carbons (Fsp3) is 0. The molecule has 0 fully saturated rings. The van der Waals surface area contributed by atoms with Crippen molar-refractivity contribution >= 4 is 70.5 Å². The summed E-state index contributed by atoms with van der Waals surface area (Å²) in [6, 6.07) is 67.4. The van der Waals surface area contributed by atoms with Crippen molar-refractivity contribution in [2.75, 3.05) is 4.90 Å². The zero-order valence-corrected chi connectivity index (χ0v) is 28.5. The van der Waals surface area contributed by atoms with E-state index in [1.165, 1.54) is 48.0 Å². The van der Waals surface area contributed by atoms with E-state index in [0.717, 1.165) is 44.6 Å². The third kappa shape index (κ3) is 5.10. The van der Waals surface area contributed by atoms with Gasteiger partial charge in [-0.15, -0.1) is 11.3 Å². The molecule has 0 bridgehead atoms. The molecule has 8 aromatic carbocycles. The van der Waals surface area contributed by atoms with Gasteiger partial charge in [0.05, 0.1) is 11.1 Å². The Morgan fingerprint density at radius 3 is 1.88 bits per heavy atom. The minimum atomic E-state index is 0.873. The molecule has 2 aromatic heterocycles. The largest absolute Gasteiger partial charge is 0.456 e. The zero-order chi connectivity index (χ0) is 33.7. The second-order valence-corrected chi connectivity index (χ2v) is 14.0. The van der Waals surface area contributed by atoms with Crippen LogP contribution in [0.1, 0.15) is 0 Å². The highest BCUT2D eigenvalue weighted by Gasteiger charge is 2.20. The molecule has 51 heavy (non-hydrogen) atoms. The van der Waals surface area contributed by atoms with Crippen LogP contribution in [-0.2, 0) is 0 Å². The average Bonchev–Trinajstić information content (AvgIpc) is 3.77. The van der Waals surface area contributed by atoms with E-state index in [0.29, 0.717) is 0 Å². The van der Waals surface area contributed by atoms with E-state index in [-0.39, 0.29) is 0 Å². The minimum Gasteiger partial charge on any atom is -0.456 e. The zero-order valence-electron chi connectivity index (χ0n) is 27.7. The Kier molecular flexibility index (Phi) is 7.04. The molecule has 0 spiro atoms. The Morgan fingerprint density at radius 2 is 1.02 bits per heavy atom. The molecule has 3 heteroatoms. The van der Waals surface area contributed by atoms with Crippen LogP contribution in [0.5, 0.6) is 0 Å². The second-order valence-electron chi connectivity index (χ2n) is 12.9.